The van der Waals surface area contributed by atoms with Crippen molar-refractivity contribution in [2.75, 3.05) is 39.8 Å². The Balaban J connectivity index is 1.38. The fourth-order valence-electron chi connectivity index (χ4n) is 3.55. The molecule has 1 saturated heterocycles. The lowest BCUT2D eigenvalue weighted by Crippen LogP contribution is -2.43. The van der Waals surface area contributed by atoms with Gasteiger partial charge in [-0.2, -0.15) is 0 Å². The molecule has 1 amide bonds. The number of nitrogens with one attached hydrogen (secondary N) is 3. The largest absolute Gasteiger partial charge is 0.356 e. The second kappa shape index (κ2) is 11.6. The van der Waals surface area contributed by atoms with E-state index < -0.39 is 0 Å². The first kappa shape index (κ1) is 21.3. The normalized spacial score (nSPS) is 15.8. The van der Waals surface area contributed by atoms with Crippen LogP contribution in [-0.4, -0.2) is 56.5 Å². The highest BCUT2D eigenvalue weighted by atomic mass is 32.1. The number of hydrogen-bond acceptors (Lipinski definition) is 4. The van der Waals surface area contributed by atoms with Crippen molar-refractivity contribution in [1.82, 2.24) is 20.9 Å². The van der Waals surface area contributed by atoms with Gasteiger partial charge in [0.25, 0.3) is 5.91 Å². The zero-order valence-corrected chi connectivity index (χ0v) is 17.9. The van der Waals surface area contributed by atoms with Gasteiger partial charge in [0.1, 0.15) is 0 Å². The molecule has 1 fully saturated rings. The Bertz CT molecular complexity index is 757. The maximum atomic E-state index is 12.0. The average Bonchev–Trinajstić information content (AvgIpc) is 3.47. The Morgan fingerprint density at radius 3 is 2.52 bits per heavy atom. The van der Waals surface area contributed by atoms with E-state index in [0.29, 0.717) is 18.2 Å². The summed E-state index contributed by atoms with van der Waals surface area (Å²) < 4.78 is 0. The average molecular weight is 414 g/mol. The summed E-state index contributed by atoms with van der Waals surface area (Å²) in [6.45, 7) is 4.55. The second-order valence-corrected chi connectivity index (χ2v) is 8.11. The Hall–Kier alpha value is -2.38. The summed E-state index contributed by atoms with van der Waals surface area (Å²) in [5.74, 6) is 0.776. The summed E-state index contributed by atoms with van der Waals surface area (Å²) in [6, 6.07) is 14.0. The molecule has 1 aliphatic rings. The maximum Gasteiger partial charge on any atom is 0.251 e. The molecule has 0 bridgehead atoms. The molecule has 6 nitrogen and oxygen atoms in total. The van der Waals surface area contributed by atoms with Crippen LogP contribution in [0.5, 0.6) is 0 Å². The Morgan fingerprint density at radius 2 is 1.83 bits per heavy atom. The van der Waals surface area contributed by atoms with Crippen molar-refractivity contribution >= 4 is 23.2 Å². The molecule has 156 valence electrons. The number of hydrogen-bond donors (Lipinski definition) is 3. The lowest BCUT2D eigenvalue weighted by atomic mass is 10.2. The third-order valence-corrected chi connectivity index (χ3v) is 6.08. The number of rotatable bonds is 9. The van der Waals surface area contributed by atoms with E-state index >= 15 is 0 Å². The number of nitrogens with zero attached hydrogens (tertiary/aromatic N) is 2. The van der Waals surface area contributed by atoms with Crippen molar-refractivity contribution < 1.29 is 4.79 Å². The van der Waals surface area contributed by atoms with E-state index in [0.717, 1.165) is 38.6 Å². The number of amides is 1. The van der Waals surface area contributed by atoms with Gasteiger partial charge in [-0.1, -0.05) is 24.3 Å². The van der Waals surface area contributed by atoms with Crippen LogP contribution in [0.4, 0.5) is 0 Å². The van der Waals surface area contributed by atoms with Crippen LogP contribution in [-0.2, 0) is 0 Å². The van der Waals surface area contributed by atoms with Crippen molar-refractivity contribution in [3.63, 3.8) is 0 Å². The molecule has 0 radical (unpaired) electrons. The zero-order chi connectivity index (χ0) is 20.3. The monoisotopic (exact) mass is 413 g/mol. The first-order valence-corrected chi connectivity index (χ1v) is 11.2. The summed E-state index contributed by atoms with van der Waals surface area (Å²) in [5.41, 5.74) is 0.694. The first-order chi connectivity index (χ1) is 14.3. The van der Waals surface area contributed by atoms with Gasteiger partial charge in [-0.15, -0.1) is 11.3 Å². The molecular weight excluding hydrogens is 382 g/mol. The van der Waals surface area contributed by atoms with Crippen molar-refractivity contribution in [2.45, 2.75) is 25.3 Å². The molecule has 1 unspecified atom stereocenters. The van der Waals surface area contributed by atoms with Gasteiger partial charge in [-0.3, -0.25) is 14.7 Å². The van der Waals surface area contributed by atoms with Gasteiger partial charge in [-0.25, -0.2) is 0 Å². The molecule has 2 aromatic rings. The van der Waals surface area contributed by atoms with Crippen LogP contribution in [0.25, 0.3) is 0 Å². The molecule has 29 heavy (non-hydrogen) atoms. The van der Waals surface area contributed by atoms with Crippen LogP contribution in [0.3, 0.4) is 0 Å². The number of aliphatic imine (C=N–C) groups is 1. The van der Waals surface area contributed by atoms with Crippen molar-refractivity contribution in [2.24, 2.45) is 4.99 Å². The molecule has 1 atom stereocenters. The number of carbonyl (C=O) groups is 1. The predicted molar refractivity (Wildman–Crippen MR) is 121 cm³/mol. The molecule has 0 aliphatic carbocycles. The van der Waals surface area contributed by atoms with Gasteiger partial charge in [-0.05, 0) is 55.9 Å². The van der Waals surface area contributed by atoms with Crippen LogP contribution in [0.2, 0.25) is 0 Å². The lowest BCUT2D eigenvalue weighted by Gasteiger charge is -2.27. The van der Waals surface area contributed by atoms with Crippen LogP contribution < -0.4 is 16.0 Å². The molecule has 1 aromatic heterocycles. The lowest BCUT2D eigenvalue weighted by molar-refractivity contribution is 0.0953. The fourth-order valence-corrected chi connectivity index (χ4v) is 4.41. The fraction of sp³-hybridized carbons (Fsp3) is 0.455. The predicted octanol–water partition coefficient (Wildman–Crippen LogP) is 2.87. The molecule has 0 saturated carbocycles. The molecule has 3 N–H and O–H groups in total. The van der Waals surface area contributed by atoms with E-state index in [9.17, 15) is 4.79 Å². The van der Waals surface area contributed by atoms with E-state index in [1.54, 1.807) is 7.05 Å². The summed E-state index contributed by atoms with van der Waals surface area (Å²) in [6.07, 6.45) is 3.40. The molecular formula is C22H31N5OS. The Morgan fingerprint density at radius 1 is 1.07 bits per heavy atom. The number of carbonyl (C=O) groups excluding carboxylic acids is 1. The quantitative estimate of drug-likeness (QED) is 0.336. The molecule has 1 aromatic carbocycles. The van der Waals surface area contributed by atoms with Crippen LogP contribution in [0, 0.1) is 0 Å². The zero-order valence-electron chi connectivity index (χ0n) is 17.1. The highest BCUT2D eigenvalue weighted by Gasteiger charge is 2.24. The molecule has 7 heteroatoms. The SMILES string of the molecule is CN=C(NCCCNC(=O)c1ccccc1)NCC(c1cccs1)N1CCCC1. The third-order valence-electron chi connectivity index (χ3n) is 5.11. The second-order valence-electron chi connectivity index (χ2n) is 7.13. The minimum absolute atomic E-state index is 0.0301. The van der Waals surface area contributed by atoms with Crippen LogP contribution in [0.1, 0.15) is 40.5 Å². The number of likely N-dealkylation sites (tertiary alicyclic amines) is 1. The van der Waals surface area contributed by atoms with E-state index in [2.05, 4.69) is 43.4 Å². The summed E-state index contributed by atoms with van der Waals surface area (Å²) >= 11 is 1.82. The standard InChI is InChI=1S/C22H31N5OS/c1-23-22(25-13-8-12-24-21(28)18-9-3-2-4-10-18)26-17-19(20-11-7-16-29-20)27-14-5-6-15-27/h2-4,7,9-11,16,19H,5-6,8,12-15,17H2,1H3,(H,24,28)(H2,23,25,26). The number of guanidine groups is 1. The van der Waals surface area contributed by atoms with Crippen molar-refractivity contribution in [3.8, 4) is 0 Å². The van der Waals surface area contributed by atoms with Gasteiger partial charge in [0, 0.05) is 37.1 Å². The minimum Gasteiger partial charge on any atom is -0.356 e. The smallest absolute Gasteiger partial charge is 0.251 e. The van der Waals surface area contributed by atoms with Crippen molar-refractivity contribution in [1.29, 1.82) is 0 Å². The minimum atomic E-state index is -0.0301. The summed E-state index contributed by atoms with van der Waals surface area (Å²) in [7, 11) is 1.79. The Labute approximate surface area is 177 Å². The van der Waals surface area contributed by atoms with Crippen LogP contribution >= 0.6 is 11.3 Å². The van der Waals surface area contributed by atoms with E-state index in [-0.39, 0.29) is 5.91 Å². The highest BCUT2D eigenvalue weighted by Crippen LogP contribution is 2.27. The van der Waals surface area contributed by atoms with E-state index in [1.807, 2.05) is 41.7 Å². The van der Waals surface area contributed by atoms with Gasteiger partial charge in [0.2, 0.25) is 0 Å². The van der Waals surface area contributed by atoms with Gasteiger partial charge in [0.05, 0.1) is 6.04 Å². The molecule has 0 spiro atoms. The van der Waals surface area contributed by atoms with Crippen LogP contribution in [0.15, 0.2) is 52.8 Å². The molecule has 2 heterocycles. The van der Waals surface area contributed by atoms with Gasteiger partial charge < -0.3 is 16.0 Å². The topological polar surface area (TPSA) is 68.8 Å². The number of benzene rings is 1. The molecule has 1 aliphatic heterocycles. The van der Waals surface area contributed by atoms with Gasteiger partial charge in [0.15, 0.2) is 5.96 Å². The molecule has 3 rings (SSSR count). The third kappa shape index (κ3) is 6.58. The van der Waals surface area contributed by atoms with Gasteiger partial charge >= 0.3 is 0 Å². The number of thiophene rings is 1. The summed E-state index contributed by atoms with van der Waals surface area (Å²) in [4.78, 5) is 20.3. The van der Waals surface area contributed by atoms with E-state index in [4.69, 9.17) is 0 Å². The first-order valence-electron chi connectivity index (χ1n) is 10.3. The highest BCUT2D eigenvalue weighted by molar-refractivity contribution is 7.10. The van der Waals surface area contributed by atoms with E-state index in [1.165, 1.54) is 17.7 Å². The summed E-state index contributed by atoms with van der Waals surface area (Å²) in [5, 5.41) is 11.9. The van der Waals surface area contributed by atoms with Crippen molar-refractivity contribution in [3.05, 3.63) is 58.3 Å². The Kier molecular flexibility index (Phi) is 8.52. The maximum absolute atomic E-state index is 12.0.